The number of hydrogen-bond donors (Lipinski definition) is 3. The Bertz CT molecular complexity index is 985. The number of anilines is 1. The van der Waals surface area contributed by atoms with Gasteiger partial charge in [0.2, 0.25) is 5.91 Å². The summed E-state index contributed by atoms with van der Waals surface area (Å²) in [5, 5.41) is 20.1. The summed E-state index contributed by atoms with van der Waals surface area (Å²) in [6.07, 6.45) is 0.375. The zero-order chi connectivity index (χ0) is 25.1. The first-order valence-corrected chi connectivity index (χ1v) is 11.5. The number of ether oxygens (including phenoxy) is 2. The van der Waals surface area contributed by atoms with Crippen molar-refractivity contribution in [2.24, 2.45) is 0 Å². The number of aryl methyl sites for hydroxylation is 1. The molecule has 2 aromatic rings. The third-order valence-corrected chi connectivity index (χ3v) is 5.72. The van der Waals surface area contributed by atoms with E-state index in [1.165, 1.54) is 11.3 Å². The van der Waals surface area contributed by atoms with Crippen molar-refractivity contribution in [3.8, 4) is 11.1 Å². The van der Waals surface area contributed by atoms with Crippen molar-refractivity contribution in [1.82, 2.24) is 4.90 Å². The Labute approximate surface area is 201 Å². The Kier molecular flexibility index (Phi) is 10.7. The highest BCUT2D eigenvalue weighted by atomic mass is 32.1. The Balaban J connectivity index is 0.000000604. The summed E-state index contributed by atoms with van der Waals surface area (Å²) in [5.41, 5.74) is 3.29. The average Bonchev–Trinajstić information content (AvgIpc) is 3.23. The summed E-state index contributed by atoms with van der Waals surface area (Å²) in [6, 6.07) is 7.96. The van der Waals surface area contributed by atoms with Crippen LogP contribution in [0.25, 0.3) is 11.1 Å². The highest BCUT2D eigenvalue weighted by Crippen LogP contribution is 2.36. The molecule has 0 atom stereocenters. The fourth-order valence-corrected chi connectivity index (χ4v) is 4.05. The van der Waals surface area contributed by atoms with Crippen molar-refractivity contribution in [2.45, 2.75) is 20.3 Å². The first-order valence-electron chi connectivity index (χ1n) is 10.6. The molecule has 10 nitrogen and oxygen atoms in total. The van der Waals surface area contributed by atoms with Gasteiger partial charge in [0.05, 0.1) is 19.8 Å². The second-order valence-electron chi connectivity index (χ2n) is 7.30. The highest BCUT2D eigenvalue weighted by molar-refractivity contribution is 7.15. The molecule has 1 fully saturated rings. The van der Waals surface area contributed by atoms with Crippen LogP contribution in [0.5, 0.6) is 0 Å². The maximum absolute atomic E-state index is 12.6. The van der Waals surface area contributed by atoms with E-state index in [0.29, 0.717) is 36.7 Å². The lowest BCUT2D eigenvalue weighted by Crippen LogP contribution is -2.38. The molecule has 0 radical (unpaired) electrons. The molecule has 34 heavy (non-hydrogen) atoms. The number of nitrogens with zero attached hydrogens (tertiary/aromatic N) is 1. The molecule has 0 spiro atoms. The van der Waals surface area contributed by atoms with E-state index in [2.05, 4.69) is 10.2 Å². The molecular formula is C23H28N2O8S. The molecule has 2 heterocycles. The Morgan fingerprint density at radius 3 is 2.26 bits per heavy atom. The number of carboxylic acids is 2. The number of esters is 1. The number of amides is 1. The minimum atomic E-state index is -1.82. The largest absolute Gasteiger partial charge is 0.473 e. The number of morpholine rings is 1. The van der Waals surface area contributed by atoms with Gasteiger partial charge >= 0.3 is 17.9 Å². The van der Waals surface area contributed by atoms with Crippen LogP contribution in [-0.4, -0.2) is 78.4 Å². The Morgan fingerprint density at radius 2 is 1.71 bits per heavy atom. The van der Waals surface area contributed by atoms with E-state index in [1.54, 1.807) is 6.92 Å². The van der Waals surface area contributed by atoms with E-state index in [-0.39, 0.29) is 12.5 Å². The summed E-state index contributed by atoms with van der Waals surface area (Å²) in [7, 11) is 0. The normalized spacial score (nSPS) is 13.4. The molecule has 184 valence electrons. The number of carbonyl (C=O) groups excluding carboxylic acids is 2. The zero-order valence-corrected chi connectivity index (χ0v) is 19.9. The molecule has 0 unspecified atom stereocenters. The summed E-state index contributed by atoms with van der Waals surface area (Å²) >= 11 is 1.35. The number of hydrogen-bond acceptors (Lipinski definition) is 8. The molecule has 3 N–H and O–H groups in total. The fraction of sp³-hybridized carbons (Fsp3) is 0.391. The molecule has 1 aromatic carbocycles. The van der Waals surface area contributed by atoms with Gasteiger partial charge < -0.3 is 25.0 Å². The second kappa shape index (κ2) is 13.4. The van der Waals surface area contributed by atoms with Gasteiger partial charge in [0.15, 0.2) is 0 Å². The van der Waals surface area contributed by atoms with Crippen LogP contribution in [0, 0.1) is 6.92 Å². The van der Waals surface area contributed by atoms with E-state index in [1.807, 2.05) is 36.6 Å². The van der Waals surface area contributed by atoms with Crippen LogP contribution < -0.4 is 5.32 Å². The molecule has 11 heteroatoms. The third-order valence-electron chi connectivity index (χ3n) is 4.83. The van der Waals surface area contributed by atoms with Gasteiger partial charge in [-0.25, -0.2) is 14.4 Å². The number of carboxylic acid groups (broad SMARTS) is 2. The van der Waals surface area contributed by atoms with Gasteiger partial charge in [-0.3, -0.25) is 9.69 Å². The van der Waals surface area contributed by atoms with Gasteiger partial charge in [-0.15, -0.1) is 11.3 Å². The first kappa shape index (κ1) is 27.0. The Hall–Kier alpha value is -3.28. The van der Waals surface area contributed by atoms with Gasteiger partial charge in [0.1, 0.15) is 10.6 Å². The van der Waals surface area contributed by atoms with Gasteiger partial charge in [-0.05, 0) is 19.4 Å². The zero-order valence-electron chi connectivity index (χ0n) is 19.0. The van der Waals surface area contributed by atoms with E-state index in [9.17, 15) is 9.59 Å². The van der Waals surface area contributed by atoms with Crippen molar-refractivity contribution < 1.29 is 38.9 Å². The summed E-state index contributed by atoms with van der Waals surface area (Å²) < 4.78 is 10.6. The molecular weight excluding hydrogens is 464 g/mol. The molecule has 0 aliphatic carbocycles. The number of thiophene rings is 1. The quantitative estimate of drug-likeness (QED) is 0.393. The summed E-state index contributed by atoms with van der Waals surface area (Å²) in [6.45, 7) is 7.86. The second-order valence-corrected chi connectivity index (χ2v) is 8.18. The van der Waals surface area contributed by atoms with Gasteiger partial charge in [-0.1, -0.05) is 29.8 Å². The number of benzene rings is 1. The van der Waals surface area contributed by atoms with E-state index >= 15 is 0 Å². The molecule has 1 aromatic heterocycles. The fourth-order valence-electron chi connectivity index (χ4n) is 3.07. The van der Waals surface area contributed by atoms with Crippen LogP contribution in [0.1, 0.15) is 29.3 Å². The molecule has 0 bridgehead atoms. The maximum Gasteiger partial charge on any atom is 0.414 e. The van der Waals surface area contributed by atoms with Gasteiger partial charge in [0.25, 0.3) is 0 Å². The average molecular weight is 493 g/mol. The van der Waals surface area contributed by atoms with Crippen molar-refractivity contribution in [1.29, 1.82) is 0 Å². The van der Waals surface area contributed by atoms with Crippen molar-refractivity contribution in [2.75, 3.05) is 44.8 Å². The van der Waals surface area contributed by atoms with Crippen LogP contribution in [0.2, 0.25) is 0 Å². The predicted molar refractivity (Wildman–Crippen MR) is 126 cm³/mol. The van der Waals surface area contributed by atoms with Crippen LogP contribution >= 0.6 is 11.3 Å². The van der Waals surface area contributed by atoms with E-state index < -0.39 is 17.9 Å². The lowest BCUT2D eigenvalue weighted by Gasteiger charge is -2.26. The Morgan fingerprint density at radius 1 is 1.09 bits per heavy atom. The lowest BCUT2D eigenvalue weighted by atomic mass is 10.0. The smallest absolute Gasteiger partial charge is 0.414 e. The van der Waals surface area contributed by atoms with Gasteiger partial charge in [-0.2, -0.15) is 0 Å². The monoisotopic (exact) mass is 492 g/mol. The minimum Gasteiger partial charge on any atom is -0.473 e. The van der Waals surface area contributed by atoms with E-state index in [4.69, 9.17) is 29.3 Å². The van der Waals surface area contributed by atoms with E-state index in [0.717, 1.165) is 29.8 Å². The SMILES string of the molecule is CCOC(=O)c1c(-c2ccc(C)cc2)csc1NC(=O)CCN1CCOCC1.O=C(O)C(=O)O. The highest BCUT2D eigenvalue weighted by Gasteiger charge is 2.23. The maximum atomic E-state index is 12.6. The molecule has 0 saturated carbocycles. The molecule has 1 saturated heterocycles. The molecule has 1 aliphatic rings. The standard InChI is InChI=1S/C21H26N2O4S.C2H2O4/c1-3-27-21(25)19-17(16-6-4-15(2)5-7-16)14-28-20(19)22-18(24)8-9-23-10-12-26-13-11-23;3-1(4)2(5)6/h4-7,14H,3,8-13H2,1-2H3,(H,22,24);(H,3,4)(H,5,6). The summed E-state index contributed by atoms with van der Waals surface area (Å²) in [5.74, 6) is -4.16. The van der Waals surface area contributed by atoms with Crippen LogP contribution in [0.15, 0.2) is 29.6 Å². The van der Waals surface area contributed by atoms with Crippen molar-refractivity contribution in [3.05, 3.63) is 40.8 Å². The summed E-state index contributed by atoms with van der Waals surface area (Å²) in [4.78, 5) is 45.5. The lowest BCUT2D eigenvalue weighted by molar-refractivity contribution is -0.159. The minimum absolute atomic E-state index is 0.102. The van der Waals surface area contributed by atoms with Crippen molar-refractivity contribution in [3.63, 3.8) is 0 Å². The molecule has 1 aliphatic heterocycles. The first-order chi connectivity index (χ1) is 16.2. The molecule has 3 rings (SSSR count). The topological polar surface area (TPSA) is 142 Å². The van der Waals surface area contributed by atoms with Crippen LogP contribution in [0.4, 0.5) is 5.00 Å². The van der Waals surface area contributed by atoms with Crippen LogP contribution in [0.3, 0.4) is 0 Å². The third kappa shape index (κ3) is 8.25. The number of aliphatic carboxylic acids is 2. The van der Waals surface area contributed by atoms with Crippen molar-refractivity contribution >= 4 is 40.2 Å². The van der Waals surface area contributed by atoms with Crippen LogP contribution in [-0.2, 0) is 23.9 Å². The predicted octanol–water partition coefficient (Wildman–Crippen LogP) is 2.72. The van der Waals surface area contributed by atoms with Gasteiger partial charge in [0, 0.05) is 37.0 Å². The number of carbonyl (C=O) groups is 4. The number of nitrogens with one attached hydrogen (secondary N) is 1. The molecule has 1 amide bonds. The number of rotatable bonds is 7.